The fourth-order valence-corrected chi connectivity index (χ4v) is 6.22. The topological polar surface area (TPSA) is 20.2 Å². The van der Waals surface area contributed by atoms with Crippen LogP contribution in [0.25, 0.3) is 0 Å². The molecule has 32 heavy (non-hydrogen) atoms. The Balaban J connectivity index is 1.73. The molecule has 0 aliphatic heterocycles. The van der Waals surface area contributed by atoms with Gasteiger partial charge in [-0.05, 0) is 85.2 Å². The van der Waals surface area contributed by atoms with Crippen molar-refractivity contribution >= 4 is 0 Å². The second-order valence-corrected chi connectivity index (χ2v) is 11.1. The average Bonchev–Trinajstić information content (AvgIpc) is 3.12. The summed E-state index contributed by atoms with van der Waals surface area (Å²) in [7, 11) is 0. The van der Waals surface area contributed by atoms with Crippen LogP contribution in [0.5, 0.6) is 0 Å². The minimum absolute atomic E-state index is 0.183. The van der Waals surface area contributed by atoms with Gasteiger partial charge in [-0.2, -0.15) is 0 Å². The zero-order valence-electron chi connectivity index (χ0n) is 21.1. The fraction of sp³-hybridized carbons (Fsp3) is 0.667. The van der Waals surface area contributed by atoms with Gasteiger partial charge < -0.3 is 5.11 Å². The van der Waals surface area contributed by atoms with Crippen LogP contribution in [0.2, 0.25) is 0 Å². The van der Waals surface area contributed by atoms with Crippen LogP contribution in [0.4, 0.5) is 4.39 Å². The number of aliphatic hydroxyl groups excluding tert-OH is 1. The van der Waals surface area contributed by atoms with Gasteiger partial charge in [-0.1, -0.05) is 82.7 Å². The number of fused-ring (bicyclic) bond motifs is 1. The summed E-state index contributed by atoms with van der Waals surface area (Å²) in [5.74, 6) is 1.12. The molecule has 2 heteroatoms. The highest BCUT2D eigenvalue weighted by atomic mass is 19.1. The van der Waals surface area contributed by atoms with Crippen molar-refractivity contribution in [3.05, 3.63) is 59.3 Å². The number of allylic oxidation sites excluding steroid dienone is 8. The summed E-state index contributed by atoms with van der Waals surface area (Å²) in [6.45, 7) is 15.7. The summed E-state index contributed by atoms with van der Waals surface area (Å²) in [6, 6.07) is 0. The molecule has 3 rings (SSSR count). The summed E-state index contributed by atoms with van der Waals surface area (Å²) < 4.78 is 14.1. The van der Waals surface area contributed by atoms with E-state index >= 15 is 0 Å². The van der Waals surface area contributed by atoms with Crippen molar-refractivity contribution in [1.29, 1.82) is 0 Å². The lowest BCUT2D eigenvalue weighted by Gasteiger charge is -2.42. The van der Waals surface area contributed by atoms with Crippen LogP contribution in [0.3, 0.4) is 0 Å². The van der Waals surface area contributed by atoms with Gasteiger partial charge in [0.15, 0.2) is 0 Å². The molecule has 0 aromatic heterocycles. The summed E-state index contributed by atoms with van der Waals surface area (Å²) >= 11 is 0. The lowest BCUT2D eigenvalue weighted by atomic mass is 9.62. The van der Waals surface area contributed by atoms with Crippen molar-refractivity contribution in [2.45, 2.75) is 105 Å². The average molecular weight is 441 g/mol. The molecule has 178 valence electrons. The Kier molecular flexibility index (Phi) is 8.07. The Labute approximate surface area is 196 Å². The maximum Gasteiger partial charge on any atom is 0.127 e. The van der Waals surface area contributed by atoms with E-state index in [1.165, 1.54) is 31.3 Å². The molecule has 0 amide bonds. The second-order valence-electron chi connectivity index (χ2n) is 11.1. The van der Waals surface area contributed by atoms with Gasteiger partial charge in [0, 0.05) is 6.42 Å². The number of rotatable bonds is 7. The largest absolute Gasteiger partial charge is 0.393 e. The lowest BCUT2D eigenvalue weighted by Crippen LogP contribution is -2.32. The summed E-state index contributed by atoms with van der Waals surface area (Å²) in [6.07, 6.45) is 18.9. The molecule has 5 atom stereocenters. The lowest BCUT2D eigenvalue weighted by molar-refractivity contribution is 0.124. The Morgan fingerprint density at radius 1 is 1.31 bits per heavy atom. The van der Waals surface area contributed by atoms with E-state index in [1.807, 2.05) is 0 Å². The molecular formula is C30H45FO. The van der Waals surface area contributed by atoms with Crippen molar-refractivity contribution in [2.24, 2.45) is 22.7 Å². The predicted molar refractivity (Wildman–Crippen MR) is 135 cm³/mol. The quantitative estimate of drug-likeness (QED) is 0.394. The first-order valence-corrected chi connectivity index (χ1v) is 12.9. The Bertz CT molecular complexity index is 809. The summed E-state index contributed by atoms with van der Waals surface area (Å²) in [5.41, 5.74) is 5.13. The Hall–Kier alpha value is -1.41. The van der Waals surface area contributed by atoms with Crippen LogP contribution < -0.4 is 0 Å². The molecule has 2 saturated carbocycles. The smallest absolute Gasteiger partial charge is 0.127 e. The number of hydrogen-bond acceptors (Lipinski definition) is 1. The van der Waals surface area contributed by atoms with Gasteiger partial charge in [-0.25, -0.2) is 4.39 Å². The normalized spacial score (nSPS) is 34.9. The van der Waals surface area contributed by atoms with Gasteiger partial charge >= 0.3 is 0 Å². The molecule has 2 fully saturated rings. The number of hydrogen-bond donors (Lipinski definition) is 1. The molecule has 3 aliphatic carbocycles. The van der Waals surface area contributed by atoms with Crippen molar-refractivity contribution in [3.63, 3.8) is 0 Å². The molecule has 1 N–H and O–H groups in total. The van der Waals surface area contributed by atoms with Gasteiger partial charge in [0.2, 0.25) is 0 Å². The number of alkyl halides is 1. The van der Waals surface area contributed by atoms with Crippen LogP contribution in [0.1, 0.15) is 92.4 Å². The molecule has 3 aliphatic rings. The van der Waals surface area contributed by atoms with Gasteiger partial charge in [-0.15, -0.1) is 0 Å². The third kappa shape index (κ3) is 5.22. The highest BCUT2D eigenvalue weighted by Gasteiger charge is 2.45. The van der Waals surface area contributed by atoms with Gasteiger partial charge in [0.1, 0.15) is 6.17 Å². The van der Waals surface area contributed by atoms with Gasteiger partial charge in [0.25, 0.3) is 0 Å². The molecule has 0 aromatic rings. The molecule has 0 spiro atoms. The van der Waals surface area contributed by atoms with E-state index in [0.29, 0.717) is 29.2 Å². The SMILES string of the molecule is C=C1/C(=C\C=C2/CCC[C@]3(C)C([C@@H](C)C/C=C/C(C)(CC)CC)=CCC23)CC(O)C[C@@H]1F. The first kappa shape index (κ1) is 25.2. The van der Waals surface area contributed by atoms with E-state index in [1.54, 1.807) is 5.57 Å². The highest BCUT2D eigenvalue weighted by Crippen LogP contribution is 2.57. The van der Waals surface area contributed by atoms with E-state index in [9.17, 15) is 9.50 Å². The zero-order chi connectivity index (χ0) is 23.5. The van der Waals surface area contributed by atoms with Crippen molar-refractivity contribution in [1.82, 2.24) is 0 Å². The first-order valence-electron chi connectivity index (χ1n) is 12.9. The molecule has 2 unspecified atom stereocenters. The maximum absolute atomic E-state index is 14.1. The van der Waals surface area contributed by atoms with Gasteiger partial charge in [0.05, 0.1) is 6.10 Å². The minimum atomic E-state index is -1.11. The molecule has 0 saturated heterocycles. The standard InChI is InChI=1S/C30H45FO/c1-7-29(5,8-2)17-9-11-21(3)26-15-16-27-23(12-10-18-30(26,27)6)13-14-24-19-25(32)20-28(31)22(24)4/h9,13-15,17,21,25,27-28,32H,4,7-8,10-12,16,18-20H2,1-3,5-6H3/b17-9+,23-13+,24-14-/t21-,25?,27?,28-,30+/m0/s1. The van der Waals surface area contributed by atoms with Crippen LogP contribution in [0, 0.1) is 22.7 Å². The first-order chi connectivity index (χ1) is 15.1. The summed E-state index contributed by atoms with van der Waals surface area (Å²) in [5, 5.41) is 9.99. The third-order valence-electron chi connectivity index (χ3n) is 8.99. The molecule has 0 radical (unpaired) electrons. The van der Waals surface area contributed by atoms with E-state index in [0.717, 1.165) is 24.8 Å². The van der Waals surface area contributed by atoms with Gasteiger partial charge in [-0.3, -0.25) is 0 Å². The molecule has 0 bridgehead atoms. The molecular weight excluding hydrogens is 395 g/mol. The zero-order valence-corrected chi connectivity index (χ0v) is 21.1. The Morgan fingerprint density at radius 2 is 2.03 bits per heavy atom. The van der Waals surface area contributed by atoms with Crippen molar-refractivity contribution in [2.75, 3.05) is 0 Å². The van der Waals surface area contributed by atoms with E-state index in [4.69, 9.17) is 0 Å². The minimum Gasteiger partial charge on any atom is -0.393 e. The van der Waals surface area contributed by atoms with E-state index in [-0.39, 0.29) is 11.8 Å². The maximum atomic E-state index is 14.1. The second kappa shape index (κ2) is 10.2. The predicted octanol–water partition coefficient (Wildman–Crippen LogP) is 8.43. The van der Waals surface area contributed by atoms with Crippen LogP contribution in [0.15, 0.2) is 59.3 Å². The van der Waals surface area contributed by atoms with Crippen molar-refractivity contribution in [3.8, 4) is 0 Å². The number of aliphatic hydroxyl groups is 1. The van der Waals surface area contributed by atoms with Crippen LogP contribution >= 0.6 is 0 Å². The van der Waals surface area contributed by atoms with E-state index in [2.05, 4.69) is 71.6 Å². The van der Waals surface area contributed by atoms with E-state index < -0.39 is 12.3 Å². The fourth-order valence-electron chi connectivity index (χ4n) is 6.22. The Morgan fingerprint density at radius 3 is 2.72 bits per heavy atom. The molecule has 0 heterocycles. The summed E-state index contributed by atoms with van der Waals surface area (Å²) in [4.78, 5) is 0. The highest BCUT2D eigenvalue weighted by molar-refractivity contribution is 5.40. The van der Waals surface area contributed by atoms with Crippen LogP contribution in [-0.4, -0.2) is 17.4 Å². The van der Waals surface area contributed by atoms with Crippen LogP contribution in [-0.2, 0) is 0 Å². The number of halogens is 1. The molecule has 0 aromatic carbocycles. The molecule has 1 nitrogen and oxygen atoms in total. The van der Waals surface area contributed by atoms with Crippen molar-refractivity contribution < 1.29 is 9.50 Å². The monoisotopic (exact) mass is 440 g/mol. The third-order valence-corrected chi connectivity index (χ3v) is 8.99.